The number of carboxylic acid groups (broad SMARTS) is 1. The molecule has 0 spiro atoms. The Balaban J connectivity index is 2.37. The lowest BCUT2D eigenvalue weighted by molar-refractivity contribution is -0.394. The largest absolute Gasteiger partial charge is 0.478 e. The molecule has 2 rings (SSSR count). The maximum absolute atomic E-state index is 12.6. The Labute approximate surface area is 204 Å². The van der Waals surface area contributed by atoms with Crippen LogP contribution in [0.2, 0.25) is 0 Å². The van der Waals surface area contributed by atoms with Crippen molar-refractivity contribution in [1.29, 1.82) is 0 Å². The lowest BCUT2D eigenvalue weighted by Crippen LogP contribution is -2.48. The van der Waals surface area contributed by atoms with Gasteiger partial charge in [0.25, 0.3) is 28.7 Å². The molecule has 0 saturated carbocycles. The maximum atomic E-state index is 12.6. The van der Waals surface area contributed by atoms with Crippen LogP contribution in [0.4, 0.5) is 22.7 Å². The number of ether oxygens (including phenoxy) is 1. The summed E-state index contributed by atoms with van der Waals surface area (Å²) in [5.74, 6) is -4.46. The van der Waals surface area contributed by atoms with Crippen molar-refractivity contribution >= 4 is 40.6 Å². The number of hydrogen-bond acceptors (Lipinski definition) is 12. The third-order valence-electron chi connectivity index (χ3n) is 4.75. The average Bonchev–Trinajstić information content (AvgIpc) is 2.84. The second-order valence-corrected chi connectivity index (χ2v) is 7.16. The molecule has 0 aliphatic rings. The fourth-order valence-corrected chi connectivity index (χ4v) is 2.99. The second kappa shape index (κ2) is 11.3. The Morgan fingerprint density at radius 3 is 1.49 bits per heavy atom. The molecule has 2 atom stereocenters. The maximum Gasteiger partial charge on any atom is 0.347 e. The van der Waals surface area contributed by atoms with Gasteiger partial charge in [0, 0.05) is 24.3 Å². The van der Waals surface area contributed by atoms with Crippen molar-refractivity contribution in [2.45, 2.75) is 25.5 Å². The van der Waals surface area contributed by atoms with Gasteiger partial charge in [0.15, 0.2) is 0 Å². The molecular weight excluding hydrogens is 506 g/mol. The monoisotopic (exact) mass is 521 g/mol. The van der Waals surface area contributed by atoms with E-state index in [1.807, 2.05) is 0 Å². The van der Waals surface area contributed by atoms with E-state index in [-0.39, 0.29) is 6.42 Å². The second-order valence-electron chi connectivity index (χ2n) is 7.16. The Kier molecular flexibility index (Phi) is 8.42. The van der Waals surface area contributed by atoms with E-state index in [1.165, 1.54) is 6.92 Å². The van der Waals surface area contributed by atoms with Crippen molar-refractivity contribution in [2.24, 2.45) is 0 Å². The predicted molar refractivity (Wildman–Crippen MR) is 118 cm³/mol. The van der Waals surface area contributed by atoms with Gasteiger partial charge in [-0.25, -0.2) is 9.59 Å². The van der Waals surface area contributed by atoms with Crippen LogP contribution in [0.1, 0.15) is 34.1 Å². The van der Waals surface area contributed by atoms with Crippen molar-refractivity contribution in [3.8, 4) is 0 Å². The Morgan fingerprint density at radius 1 is 0.784 bits per heavy atom. The van der Waals surface area contributed by atoms with E-state index in [4.69, 9.17) is 4.74 Å². The van der Waals surface area contributed by atoms with E-state index < -0.39 is 83.6 Å². The lowest BCUT2D eigenvalue weighted by atomic mass is 10.1. The topological polar surface area (TPSA) is 265 Å². The molecule has 0 unspecified atom stereocenters. The summed E-state index contributed by atoms with van der Waals surface area (Å²) in [4.78, 5) is 77.1. The molecule has 1 amide bonds. The summed E-state index contributed by atoms with van der Waals surface area (Å²) in [6.45, 7) is 1.36. The minimum Gasteiger partial charge on any atom is -0.478 e. The molecule has 0 aromatic heterocycles. The number of esters is 1. The van der Waals surface area contributed by atoms with Gasteiger partial charge < -0.3 is 15.2 Å². The van der Waals surface area contributed by atoms with Gasteiger partial charge in [-0.2, -0.15) is 0 Å². The van der Waals surface area contributed by atoms with Crippen LogP contribution >= 0.6 is 0 Å². The molecule has 0 aliphatic carbocycles. The van der Waals surface area contributed by atoms with Crippen LogP contribution < -0.4 is 5.32 Å². The normalized spacial score (nSPS) is 12.0. The van der Waals surface area contributed by atoms with E-state index in [2.05, 4.69) is 5.32 Å². The van der Waals surface area contributed by atoms with Crippen LogP contribution in [0, 0.1) is 40.5 Å². The summed E-state index contributed by atoms with van der Waals surface area (Å²) in [6, 6.07) is 2.33. The zero-order valence-corrected chi connectivity index (χ0v) is 18.5. The number of hydrogen-bond donors (Lipinski definition) is 2. The number of amides is 1. The zero-order valence-electron chi connectivity index (χ0n) is 18.5. The molecule has 0 radical (unpaired) electrons. The van der Waals surface area contributed by atoms with E-state index in [0.29, 0.717) is 36.4 Å². The minimum absolute atomic E-state index is 0.206. The number of nitro benzene ring substituents is 4. The highest BCUT2D eigenvalue weighted by molar-refractivity contribution is 5.97. The number of rotatable bonds is 11. The predicted octanol–water partition coefficient (Wildman–Crippen LogP) is 2.14. The zero-order chi connectivity index (χ0) is 28.0. The van der Waals surface area contributed by atoms with E-state index in [9.17, 15) is 59.9 Å². The SMILES string of the molecule is CC[C@@H](NC(=O)c1cc([N+](=O)[O-])cc([N+](=O)[O-])c1)[C@@H](OC(=O)c1cc([N+](=O)[O-])cc([N+](=O)[O-])c1)C(=O)O. The molecule has 0 heterocycles. The molecule has 0 bridgehead atoms. The highest BCUT2D eigenvalue weighted by atomic mass is 16.6. The first-order chi connectivity index (χ1) is 17.2. The number of carbonyl (C=O) groups excluding carboxylic acids is 2. The van der Waals surface area contributed by atoms with Crippen LogP contribution in [0.15, 0.2) is 36.4 Å². The van der Waals surface area contributed by atoms with Gasteiger partial charge in [-0.05, 0) is 6.42 Å². The molecule has 0 saturated heterocycles. The minimum atomic E-state index is -2.13. The fraction of sp³-hybridized carbons (Fsp3) is 0.211. The Bertz CT molecular complexity index is 1260. The van der Waals surface area contributed by atoms with Crippen LogP contribution in [0.3, 0.4) is 0 Å². The fourth-order valence-electron chi connectivity index (χ4n) is 2.99. The Morgan fingerprint density at radius 2 is 1.16 bits per heavy atom. The molecule has 194 valence electrons. The van der Waals surface area contributed by atoms with Gasteiger partial charge in [0.1, 0.15) is 0 Å². The summed E-state index contributed by atoms with van der Waals surface area (Å²) in [5.41, 5.74) is -4.56. The number of non-ortho nitro benzene ring substituents is 4. The van der Waals surface area contributed by atoms with E-state index in [0.717, 1.165) is 0 Å². The molecule has 2 aromatic rings. The molecule has 0 aliphatic heterocycles. The summed E-state index contributed by atoms with van der Waals surface area (Å²) in [7, 11) is 0. The van der Waals surface area contributed by atoms with Gasteiger partial charge in [0.2, 0.25) is 6.10 Å². The molecular formula is C19H15N5O13. The van der Waals surface area contributed by atoms with Crippen molar-refractivity contribution in [3.05, 3.63) is 88.0 Å². The first-order valence-electron chi connectivity index (χ1n) is 9.87. The van der Waals surface area contributed by atoms with Crippen molar-refractivity contribution in [3.63, 3.8) is 0 Å². The first kappa shape index (κ1) is 27.7. The van der Waals surface area contributed by atoms with Gasteiger partial charge in [0.05, 0.1) is 49.0 Å². The summed E-state index contributed by atoms with van der Waals surface area (Å²) < 4.78 is 4.87. The smallest absolute Gasteiger partial charge is 0.347 e. The lowest BCUT2D eigenvalue weighted by Gasteiger charge is -2.24. The van der Waals surface area contributed by atoms with Crippen LogP contribution in [0.25, 0.3) is 0 Å². The van der Waals surface area contributed by atoms with Crippen LogP contribution in [-0.2, 0) is 9.53 Å². The third-order valence-corrected chi connectivity index (χ3v) is 4.75. The van der Waals surface area contributed by atoms with Crippen molar-refractivity contribution < 1.29 is 43.9 Å². The number of benzene rings is 2. The molecule has 18 nitrogen and oxygen atoms in total. The van der Waals surface area contributed by atoms with E-state index in [1.54, 1.807) is 0 Å². The number of nitrogens with one attached hydrogen (secondary N) is 1. The summed E-state index contributed by atoms with van der Waals surface area (Å²) >= 11 is 0. The summed E-state index contributed by atoms with van der Waals surface area (Å²) in [6.07, 6.45) is -2.34. The van der Waals surface area contributed by atoms with Gasteiger partial charge in [-0.1, -0.05) is 6.92 Å². The average molecular weight is 521 g/mol. The molecule has 2 N–H and O–H groups in total. The Hall–Kier alpha value is -5.55. The molecule has 0 fully saturated rings. The standard InChI is InChI=1S/C19H15N5O13/c1-2-15(20-17(25)9-3-11(21(29)30)7-12(4-9)22(31)32)16(18(26)27)37-19(28)10-5-13(23(33)34)8-14(6-10)24(35)36/h3-8,15-16H,2H2,1H3,(H,20,25)(H,26,27)/t15-,16-/m1/s1. The van der Waals surface area contributed by atoms with Gasteiger partial charge >= 0.3 is 11.9 Å². The van der Waals surface area contributed by atoms with Gasteiger partial charge in [-0.15, -0.1) is 0 Å². The number of aliphatic carboxylic acids is 1. The van der Waals surface area contributed by atoms with Crippen molar-refractivity contribution in [2.75, 3.05) is 0 Å². The highest BCUT2D eigenvalue weighted by Gasteiger charge is 2.34. The van der Waals surface area contributed by atoms with Crippen LogP contribution in [0.5, 0.6) is 0 Å². The molecule has 2 aromatic carbocycles. The quantitative estimate of drug-likeness (QED) is 0.244. The van der Waals surface area contributed by atoms with E-state index >= 15 is 0 Å². The molecule has 37 heavy (non-hydrogen) atoms. The van der Waals surface area contributed by atoms with Crippen molar-refractivity contribution in [1.82, 2.24) is 5.32 Å². The summed E-state index contributed by atoms with van der Waals surface area (Å²) in [5, 5.41) is 55.9. The highest BCUT2D eigenvalue weighted by Crippen LogP contribution is 2.25. The number of carboxylic acids is 1. The van der Waals surface area contributed by atoms with Gasteiger partial charge in [-0.3, -0.25) is 45.3 Å². The third kappa shape index (κ3) is 6.74. The number of nitro groups is 4. The molecule has 18 heteroatoms. The first-order valence-corrected chi connectivity index (χ1v) is 9.87. The number of carbonyl (C=O) groups is 3. The number of nitrogens with zero attached hydrogens (tertiary/aromatic N) is 4. The van der Waals surface area contributed by atoms with Crippen LogP contribution in [-0.4, -0.2) is 54.8 Å².